The summed E-state index contributed by atoms with van der Waals surface area (Å²) in [6.45, 7) is 0.310. The number of H-pyrrole nitrogens is 1. The van der Waals surface area contributed by atoms with Crippen LogP contribution in [0.3, 0.4) is 0 Å². The molecule has 0 aliphatic rings. The number of hydrogen-bond donors (Lipinski definition) is 2. The lowest BCUT2D eigenvalue weighted by Crippen LogP contribution is -2.14. The van der Waals surface area contributed by atoms with Gasteiger partial charge in [0.1, 0.15) is 0 Å². The minimum atomic E-state index is -0.0873. The summed E-state index contributed by atoms with van der Waals surface area (Å²) in [6, 6.07) is 17.6. The van der Waals surface area contributed by atoms with Crippen LogP contribution in [0.1, 0.15) is 5.69 Å². The highest BCUT2D eigenvalue weighted by molar-refractivity contribution is 5.97. The Morgan fingerprint density at radius 1 is 0.895 bits per heavy atom. The van der Waals surface area contributed by atoms with Crippen molar-refractivity contribution in [2.45, 2.75) is 6.54 Å². The zero-order valence-corrected chi connectivity index (χ0v) is 10.4. The van der Waals surface area contributed by atoms with E-state index in [0.29, 0.717) is 11.9 Å². The van der Waals surface area contributed by atoms with E-state index in [4.69, 9.17) is 5.73 Å². The molecule has 0 atom stereocenters. The lowest BCUT2D eigenvalue weighted by atomic mass is 9.97. The van der Waals surface area contributed by atoms with Gasteiger partial charge in [0.15, 0.2) is 0 Å². The third kappa shape index (κ3) is 1.94. The van der Waals surface area contributed by atoms with Gasteiger partial charge in [0, 0.05) is 23.2 Å². The van der Waals surface area contributed by atoms with E-state index in [9.17, 15) is 4.79 Å². The quantitative estimate of drug-likeness (QED) is 0.734. The summed E-state index contributed by atoms with van der Waals surface area (Å²) < 4.78 is 0. The first-order valence-corrected chi connectivity index (χ1v) is 6.20. The Morgan fingerprint density at radius 3 is 2.21 bits per heavy atom. The Hall–Kier alpha value is -2.39. The summed E-state index contributed by atoms with van der Waals surface area (Å²) in [5.41, 5.74) is 8.54. The molecule has 1 heterocycles. The first kappa shape index (κ1) is 11.7. The molecular formula is C16H14N2O. The van der Waals surface area contributed by atoms with Gasteiger partial charge in [-0.15, -0.1) is 0 Å². The van der Waals surface area contributed by atoms with Crippen molar-refractivity contribution in [1.29, 1.82) is 0 Å². The number of aromatic amines is 1. The maximum absolute atomic E-state index is 12.0. The maximum Gasteiger partial charge on any atom is 0.256 e. The second kappa shape index (κ2) is 4.71. The molecule has 2 aromatic carbocycles. The number of nitrogens with two attached hydrogens (primary N) is 1. The van der Waals surface area contributed by atoms with E-state index in [1.807, 2.05) is 54.6 Å². The molecule has 0 aliphatic heterocycles. The van der Waals surface area contributed by atoms with Crippen LogP contribution in [-0.2, 0) is 6.54 Å². The standard InChI is InChI=1S/C16H14N2O/c17-10-14-15(11-6-2-1-3-7-11)12-8-4-5-9-13(12)16(19)18-14/h1-9H,10,17H2,(H,18,19). The largest absolute Gasteiger partial charge is 0.325 e. The number of aromatic nitrogens is 1. The van der Waals surface area contributed by atoms with Gasteiger partial charge < -0.3 is 10.7 Å². The highest BCUT2D eigenvalue weighted by Crippen LogP contribution is 2.28. The molecule has 94 valence electrons. The topological polar surface area (TPSA) is 58.9 Å². The fraction of sp³-hybridized carbons (Fsp3) is 0.0625. The molecule has 0 spiro atoms. The second-order valence-corrected chi connectivity index (χ2v) is 4.42. The van der Waals surface area contributed by atoms with E-state index >= 15 is 0 Å². The van der Waals surface area contributed by atoms with E-state index in [-0.39, 0.29) is 5.56 Å². The summed E-state index contributed by atoms with van der Waals surface area (Å²) in [5.74, 6) is 0. The van der Waals surface area contributed by atoms with Crippen LogP contribution in [0, 0.1) is 0 Å². The molecule has 3 heteroatoms. The fourth-order valence-corrected chi connectivity index (χ4v) is 2.42. The van der Waals surface area contributed by atoms with Crippen LogP contribution in [0.5, 0.6) is 0 Å². The van der Waals surface area contributed by atoms with Crippen LogP contribution < -0.4 is 11.3 Å². The molecule has 19 heavy (non-hydrogen) atoms. The number of fused-ring (bicyclic) bond motifs is 1. The predicted octanol–water partition coefficient (Wildman–Crippen LogP) is 2.65. The zero-order valence-electron chi connectivity index (χ0n) is 10.4. The molecule has 0 aliphatic carbocycles. The van der Waals surface area contributed by atoms with Gasteiger partial charge in [0.25, 0.3) is 5.56 Å². The van der Waals surface area contributed by atoms with Crippen LogP contribution >= 0.6 is 0 Å². The first-order valence-electron chi connectivity index (χ1n) is 6.20. The molecule has 3 nitrogen and oxygen atoms in total. The molecule has 3 N–H and O–H groups in total. The molecule has 0 radical (unpaired) electrons. The zero-order chi connectivity index (χ0) is 13.2. The van der Waals surface area contributed by atoms with Crippen molar-refractivity contribution in [2.24, 2.45) is 5.73 Å². The highest BCUT2D eigenvalue weighted by Gasteiger charge is 2.11. The Kier molecular flexibility index (Phi) is 2.89. The van der Waals surface area contributed by atoms with Crippen molar-refractivity contribution in [3.8, 4) is 11.1 Å². The first-order chi connectivity index (χ1) is 9.31. The average molecular weight is 250 g/mol. The maximum atomic E-state index is 12.0. The third-order valence-corrected chi connectivity index (χ3v) is 3.27. The monoisotopic (exact) mass is 250 g/mol. The number of nitrogens with one attached hydrogen (secondary N) is 1. The molecule has 0 fully saturated rings. The number of hydrogen-bond acceptors (Lipinski definition) is 2. The van der Waals surface area contributed by atoms with Gasteiger partial charge in [0.05, 0.1) is 0 Å². The second-order valence-electron chi connectivity index (χ2n) is 4.42. The number of rotatable bonds is 2. The van der Waals surface area contributed by atoms with Gasteiger partial charge in [-0.1, -0.05) is 48.5 Å². The van der Waals surface area contributed by atoms with E-state index in [2.05, 4.69) is 4.98 Å². The third-order valence-electron chi connectivity index (χ3n) is 3.27. The summed E-state index contributed by atoms with van der Waals surface area (Å²) in [6.07, 6.45) is 0. The van der Waals surface area contributed by atoms with Gasteiger partial charge in [-0.2, -0.15) is 0 Å². The van der Waals surface area contributed by atoms with E-state index < -0.39 is 0 Å². The van der Waals surface area contributed by atoms with Gasteiger partial charge >= 0.3 is 0 Å². The van der Waals surface area contributed by atoms with E-state index in [0.717, 1.165) is 22.2 Å². The van der Waals surface area contributed by atoms with Crippen LogP contribution in [0.15, 0.2) is 59.4 Å². The Morgan fingerprint density at radius 2 is 1.53 bits per heavy atom. The molecule has 3 rings (SSSR count). The molecule has 0 saturated carbocycles. The number of benzene rings is 2. The molecule has 0 bridgehead atoms. The van der Waals surface area contributed by atoms with Gasteiger partial charge in [-0.25, -0.2) is 0 Å². The Bertz CT molecular complexity index is 776. The van der Waals surface area contributed by atoms with Crippen molar-refractivity contribution in [2.75, 3.05) is 0 Å². The van der Waals surface area contributed by atoms with Crippen LogP contribution in [0.2, 0.25) is 0 Å². The summed E-state index contributed by atoms with van der Waals surface area (Å²) in [5, 5.41) is 1.64. The lowest BCUT2D eigenvalue weighted by molar-refractivity contribution is 0.986. The minimum Gasteiger partial charge on any atom is -0.325 e. The van der Waals surface area contributed by atoms with Gasteiger partial charge in [-0.3, -0.25) is 4.79 Å². The van der Waals surface area contributed by atoms with E-state index in [1.165, 1.54) is 0 Å². The Labute approximate surface area is 110 Å². The normalized spacial score (nSPS) is 10.8. The molecule has 1 aromatic heterocycles. The molecule has 0 amide bonds. The van der Waals surface area contributed by atoms with Crippen molar-refractivity contribution in [1.82, 2.24) is 4.98 Å². The summed E-state index contributed by atoms with van der Waals surface area (Å²) in [7, 11) is 0. The van der Waals surface area contributed by atoms with Crippen molar-refractivity contribution in [3.05, 3.63) is 70.6 Å². The van der Waals surface area contributed by atoms with Crippen molar-refractivity contribution in [3.63, 3.8) is 0 Å². The SMILES string of the molecule is NCc1[nH]c(=O)c2ccccc2c1-c1ccccc1. The van der Waals surface area contributed by atoms with Crippen LogP contribution in [-0.4, -0.2) is 4.98 Å². The number of pyridine rings is 1. The molecule has 0 saturated heterocycles. The smallest absolute Gasteiger partial charge is 0.256 e. The highest BCUT2D eigenvalue weighted by atomic mass is 16.1. The lowest BCUT2D eigenvalue weighted by Gasteiger charge is -2.11. The minimum absolute atomic E-state index is 0.0873. The van der Waals surface area contributed by atoms with E-state index in [1.54, 1.807) is 0 Å². The molecular weight excluding hydrogens is 236 g/mol. The summed E-state index contributed by atoms with van der Waals surface area (Å²) in [4.78, 5) is 14.9. The van der Waals surface area contributed by atoms with Crippen LogP contribution in [0.25, 0.3) is 21.9 Å². The van der Waals surface area contributed by atoms with Crippen LogP contribution in [0.4, 0.5) is 0 Å². The summed E-state index contributed by atoms with van der Waals surface area (Å²) >= 11 is 0. The van der Waals surface area contributed by atoms with Gasteiger partial charge in [0.2, 0.25) is 0 Å². The molecule has 3 aromatic rings. The van der Waals surface area contributed by atoms with Gasteiger partial charge in [-0.05, 0) is 17.0 Å². The average Bonchev–Trinajstić information content (AvgIpc) is 2.48. The Balaban J connectivity index is 2.46. The molecule has 0 unspecified atom stereocenters. The fourth-order valence-electron chi connectivity index (χ4n) is 2.42. The van der Waals surface area contributed by atoms with Crippen molar-refractivity contribution < 1.29 is 0 Å². The van der Waals surface area contributed by atoms with Crippen molar-refractivity contribution >= 4 is 10.8 Å². The predicted molar refractivity (Wildman–Crippen MR) is 77.9 cm³/mol.